The molecule has 0 radical (unpaired) electrons. The third-order valence-electron chi connectivity index (χ3n) is 6.13. The van der Waals surface area contributed by atoms with Crippen LogP contribution in [0.15, 0.2) is 48.5 Å². The zero-order valence-electron chi connectivity index (χ0n) is 20.2. The first-order chi connectivity index (χ1) is 16.6. The lowest BCUT2D eigenvalue weighted by atomic mass is 9.86. The molecular formula is C27H31N3O5. The van der Waals surface area contributed by atoms with Gasteiger partial charge in [-0.2, -0.15) is 5.26 Å². The van der Waals surface area contributed by atoms with Crippen LogP contribution in [0.5, 0.6) is 0 Å². The molecule has 35 heavy (non-hydrogen) atoms. The molecule has 2 aromatic carbocycles. The molecule has 1 aliphatic carbocycles. The molecule has 2 amide bonds. The van der Waals surface area contributed by atoms with Gasteiger partial charge in [0.05, 0.1) is 6.07 Å². The van der Waals surface area contributed by atoms with E-state index in [-0.39, 0.29) is 25.4 Å². The van der Waals surface area contributed by atoms with E-state index in [4.69, 9.17) is 10.00 Å². The second-order valence-electron chi connectivity index (χ2n) is 9.72. The zero-order chi connectivity index (χ0) is 25.6. The lowest BCUT2D eigenvalue weighted by molar-refractivity contribution is -0.145. The van der Waals surface area contributed by atoms with Gasteiger partial charge in [-0.15, -0.1) is 0 Å². The van der Waals surface area contributed by atoms with Crippen molar-refractivity contribution >= 4 is 18.0 Å². The maximum atomic E-state index is 12.9. The average Bonchev–Trinajstić information content (AvgIpc) is 3.13. The number of carboxylic acids is 1. The topological polar surface area (TPSA) is 129 Å². The van der Waals surface area contributed by atoms with Gasteiger partial charge >= 0.3 is 12.1 Å². The Bertz CT molecular complexity index is 1090. The molecule has 0 aliphatic heterocycles. The van der Waals surface area contributed by atoms with Gasteiger partial charge in [-0.3, -0.25) is 4.79 Å². The number of nitrogens with one attached hydrogen (secondary N) is 2. The monoisotopic (exact) mass is 477 g/mol. The van der Waals surface area contributed by atoms with Gasteiger partial charge < -0.3 is 20.5 Å². The van der Waals surface area contributed by atoms with Crippen LogP contribution in [0.2, 0.25) is 0 Å². The summed E-state index contributed by atoms with van der Waals surface area (Å²) in [6.45, 7) is 5.20. The van der Waals surface area contributed by atoms with Crippen molar-refractivity contribution in [2.75, 3.05) is 6.61 Å². The summed E-state index contributed by atoms with van der Waals surface area (Å²) in [6, 6.07) is 15.8. The van der Waals surface area contributed by atoms with E-state index in [9.17, 15) is 19.5 Å². The highest BCUT2D eigenvalue weighted by molar-refractivity contribution is 5.89. The first-order valence-electron chi connectivity index (χ1n) is 11.6. The third-order valence-corrected chi connectivity index (χ3v) is 6.13. The number of unbranched alkanes of at least 4 members (excludes halogenated alkanes) is 1. The van der Waals surface area contributed by atoms with E-state index in [1.165, 1.54) is 0 Å². The number of aliphatic carboxylic acids is 1. The van der Waals surface area contributed by atoms with Crippen LogP contribution in [0.25, 0.3) is 11.1 Å². The Labute approximate surface area is 205 Å². The van der Waals surface area contributed by atoms with Crippen LogP contribution in [0.4, 0.5) is 4.79 Å². The number of amides is 2. The number of benzene rings is 2. The van der Waals surface area contributed by atoms with Gasteiger partial charge in [0.15, 0.2) is 0 Å². The summed E-state index contributed by atoms with van der Waals surface area (Å²) in [5.74, 6) is -1.92. The number of nitriles is 1. The number of carbonyl (C=O) groups is 3. The van der Waals surface area contributed by atoms with Gasteiger partial charge in [-0.1, -0.05) is 69.3 Å². The molecule has 0 heterocycles. The predicted octanol–water partition coefficient (Wildman–Crippen LogP) is 4.20. The highest BCUT2D eigenvalue weighted by Crippen LogP contribution is 2.44. The molecule has 184 valence electrons. The van der Waals surface area contributed by atoms with Crippen LogP contribution in [-0.2, 0) is 14.3 Å². The minimum Gasteiger partial charge on any atom is -0.480 e. The number of carboxylic acid groups (broad SMARTS) is 1. The van der Waals surface area contributed by atoms with Crippen LogP contribution in [0.1, 0.15) is 57.1 Å². The first kappa shape index (κ1) is 25.8. The van der Waals surface area contributed by atoms with Gasteiger partial charge in [0.1, 0.15) is 18.7 Å². The average molecular weight is 478 g/mol. The summed E-state index contributed by atoms with van der Waals surface area (Å²) in [5.41, 5.74) is 3.61. The number of fused-ring (bicyclic) bond motifs is 3. The van der Waals surface area contributed by atoms with Crippen molar-refractivity contribution < 1.29 is 24.2 Å². The van der Waals surface area contributed by atoms with Crippen LogP contribution >= 0.6 is 0 Å². The molecule has 0 saturated carbocycles. The van der Waals surface area contributed by atoms with Crippen molar-refractivity contribution in [1.82, 2.24) is 10.6 Å². The summed E-state index contributed by atoms with van der Waals surface area (Å²) >= 11 is 0. The Morgan fingerprint density at radius 3 is 2.11 bits per heavy atom. The van der Waals surface area contributed by atoms with E-state index in [0.29, 0.717) is 6.42 Å². The molecule has 0 bridgehead atoms. The number of hydrogen-bond acceptors (Lipinski definition) is 5. The Morgan fingerprint density at radius 2 is 1.60 bits per heavy atom. The summed E-state index contributed by atoms with van der Waals surface area (Å²) in [5, 5.41) is 23.5. The van der Waals surface area contributed by atoms with E-state index >= 15 is 0 Å². The van der Waals surface area contributed by atoms with Gasteiger partial charge in [-0.25, -0.2) is 9.59 Å². The van der Waals surface area contributed by atoms with E-state index in [2.05, 4.69) is 10.6 Å². The minimum atomic E-state index is -1.16. The van der Waals surface area contributed by atoms with Crippen LogP contribution < -0.4 is 10.6 Å². The second-order valence-corrected chi connectivity index (χ2v) is 9.72. The van der Waals surface area contributed by atoms with Crippen molar-refractivity contribution in [2.45, 2.75) is 58.0 Å². The van der Waals surface area contributed by atoms with Gasteiger partial charge in [0, 0.05) is 12.3 Å². The van der Waals surface area contributed by atoms with Crippen LogP contribution in [0, 0.1) is 16.7 Å². The molecule has 0 fully saturated rings. The van der Waals surface area contributed by atoms with Crippen molar-refractivity contribution in [1.29, 1.82) is 5.26 Å². The smallest absolute Gasteiger partial charge is 0.407 e. The predicted molar refractivity (Wildman–Crippen MR) is 130 cm³/mol. The lowest BCUT2D eigenvalue weighted by Gasteiger charge is -2.29. The van der Waals surface area contributed by atoms with E-state index < -0.39 is 35.5 Å². The third kappa shape index (κ3) is 6.18. The molecule has 8 nitrogen and oxygen atoms in total. The summed E-state index contributed by atoms with van der Waals surface area (Å²) < 4.78 is 5.53. The molecule has 2 atom stereocenters. The maximum absolute atomic E-state index is 12.9. The number of hydrogen-bond donors (Lipinski definition) is 3. The molecule has 0 spiro atoms. The number of alkyl carbamates (subject to hydrolysis) is 1. The molecular weight excluding hydrogens is 446 g/mol. The highest BCUT2D eigenvalue weighted by atomic mass is 16.5. The highest BCUT2D eigenvalue weighted by Gasteiger charge is 2.35. The summed E-state index contributed by atoms with van der Waals surface area (Å²) in [6.07, 6.45) is -0.0183. The Morgan fingerprint density at radius 1 is 1.03 bits per heavy atom. The SMILES string of the molecule is CC(C)(C)[C@@H](NC(=O)C(CCCC#N)NC(=O)OCC1c2ccccc2-c2ccccc21)C(=O)O. The number of carbonyl (C=O) groups excluding carboxylic acids is 2. The second kappa shape index (κ2) is 11.0. The largest absolute Gasteiger partial charge is 0.480 e. The van der Waals surface area contributed by atoms with Crippen molar-refractivity contribution in [3.8, 4) is 17.2 Å². The minimum absolute atomic E-state index is 0.0894. The molecule has 3 N–H and O–H groups in total. The fourth-order valence-electron chi connectivity index (χ4n) is 4.33. The van der Waals surface area contributed by atoms with Crippen LogP contribution in [-0.4, -0.2) is 41.8 Å². The van der Waals surface area contributed by atoms with Crippen LogP contribution in [0.3, 0.4) is 0 Å². The fourth-order valence-corrected chi connectivity index (χ4v) is 4.33. The van der Waals surface area contributed by atoms with E-state index in [1.54, 1.807) is 20.8 Å². The quantitative estimate of drug-likeness (QED) is 0.464. The normalized spacial score (nSPS) is 14.1. The Hall–Kier alpha value is -3.86. The summed E-state index contributed by atoms with van der Waals surface area (Å²) in [4.78, 5) is 37.3. The molecule has 0 saturated heterocycles. The van der Waals surface area contributed by atoms with E-state index in [1.807, 2.05) is 54.6 Å². The molecule has 2 aromatic rings. The number of ether oxygens (including phenoxy) is 1. The standard InChI is InChI=1S/C27H31N3O5/c1-27(2,3)23(25(32)33)30-24(31)22(14-8-9-15-28)29-26(34)35-16-21-19-12-6-4-10-17(19)18-11-5-7-13-20(18)21/h4-7,10-13,21-23H,8-9,14,16H2,1-3H3,(H,29,34)(H,30,31)(H,32,33)/t22?,23-/m0/s1. The maximum Gasteiger partial charge on any atom is 0.407 e. The fraction of sp³-hybridized carbons (Fsp3) is 0.407. The van der Waals surface area contributed by atoms with Crippen molar-refractivity contribution in [3.05, 3.63) is 59.7 Å². The Kier molecular flexibility index (Phi) is 8.13. The molecule has 1 unspecified atom stereocenters. The van der Waals surface area contributed by atoms with Crippen molar-refractivity contribution in [3.63, 3.8) is 0 Å². The lowest BCUT2D eigenvalue weighted by Crippen LogP contribution is -2.55. The Balaban J connectivity index is 1.69. The van der Waals surface area contributed by atoms with E-state index in [0.717, 1.165) is 22.3 Å². The van der Waals surface area contributed by atoms with Crippen molar-refractivity contribution in [2.24, 2.45) is 5.41 Å². The number of nitrogens with zero attached hydrogens (tertiary/aromatic N) is 1. The first-order valence-corrected chi connectivity index (χ1v) is 11.6. The molecule has 1 aliphatic rings. The molecule has 0 aromatic heterocycles. The van der Waals surface area contributed by atoms with Gasteiger partial charge in [-0.05, 0) is 40.5 Å². The van der Waals surface area contributed by atoms with Gasteiger partial charge in [0.2, 0.25) is 5.91 Å². The molecule has 3 rings (SSSR count). The zero-order valence-corrected chi connectivity index (χ0v) is 20.2. The number of rotatable bonds is 9. The summed E-state index contributed by atoms with van der Waals surface area (Å²) in [7, 11) is 0. The molecule has 8 heteroatoms. The van der Waals surface area contributed by atoms with Gasteiger partial charge in [0.25, 0.3) is 0 Å².